The zero-order valence-corrected chi connectivity index (χ0v) is 19.1. The molecule has 3 heterocycles. The first-order chi connectivity index (χ1) is 16.7. The minimum atomic E-state index is -0.0469. The monoisotopic (exact) mass is 451 g/mol. The number of ether oxygens (including phenoxy) is 1. The molecule has 0 amide bonds. The van der Waals surface area contributed by atoms with Crippen LogP contribution in [0.4, 0.5) is 0 Å². The number of aromatic amines is 1. The van der Waals surface area contributed by atoms with Crippen LogP contribution < -0.4 is 4.74 Å². The predicted molar refractivity (Wildman–Crippen MR) is 131 cm³/mol. The molecular weight excluding hydrogens is 426 g/mol. The molecule has 0 saturated carbocycles. The number of nitrogens with zero attached hydrogens (tertiary/aromatic N) is 4. The van der Waals surface area contributed by atoms with Gasteiger partial charge in [-0.25, -0.2) is 0 Å². The molecule has 1 unspecified atom stereocenters. The molecule has 3 aromatic heterocycles. The van der Waals surface area contributed by atoms with E-state index in [4.69, 9.17) is 4.74 Å². The zero-order valence-electron chi connectivity index (χ0n) is 19.1. The Morgan fingerprint density at radius 3 is 2.71 bits per heavy atom. The average Bonchev–Trinajstić information content (AvgIpc) is 3.52. The van der Waals surface area contributed by atoms with Gasteiger partial charge < -0.3 is 4.74 Å². The Hall–Kier alpha value is -4.26. The van der Waals surface area contributed by atoms with Gasteiger partial charge in [0.2, 0.25) is 0 Å². The van der Waals surface area contributed by atoms with E-state index in [0.29, 0.717) is 11.4 Å². The third-order valence-corrected chi connectivity index (χ3v) is 6.02. The summed E-state index contributed by atoms with van der Waals surface area (Å²) in [5.74, 6) is 0.644. The molecule has 5 aromatic rings. The number of aromatic nitrogens is 5. The Labute approximate surface area is 197 Å². The van der Waals surface area contributed by atoms with Gasteiger partial charge in [-0.2, -0.15) is 10.2 Å². The Kier molecular flexibility index (Phi) is 5.91. The number of ketones is 1. The second-order valence-corrected chi connectivity index (χ2v) is 8.21. The highest BCUT2D eigenvalue weighted by atomic mass is 16.5. The van der Waals surface area contributed by atoms with Gasteiger partial charge in [-0.1, -0.05) is 43.3 Å². The van der Waals surface area contributed by atoms with E-state index >= 15 is 0 Å². The molecule has 34 heavy (non-hydrogen) atoms. The number of benzene rings is 2. The van der Waals surface area contributed by atoms with E-state index in [2.05, 4.69) is 39.3 Å². The summed E-state index contributed by atoms with van der Waals surface area (Å²) in [6, 6.07) is 18.2. The van der Waals surface area contributed by atoms with Gasteiger partial charge in [0.25, 0.3) is 0 Å². The van der Waals surface area contributed by atoms with Crippen LogP contribution in [0, 0.1) is 0 Å². The number of pyridine rings is 1. The molecule has 0 aliphatic carbocycles. The number of hydrogen-bond acceptors (Lipinski definition) is 5. The van der Waals surface area contributed by atoms with Gasteiger partial charge in [-0.05, 0) is 41.3 Å². The van der Waals surface area contributed by atoms with Crippen molar-refractivity contribution < 1.29 is 9.53 Å². The van der Waals surface area contributed by atoms with Crippen LogP contribution in [0.5, 0.6) is 5.75 Å². The van der Waals surface area contributed by atoms with E-state index in [-0.39, 0.29) is 18.2 Å². The first-order valence-electron chi connectivity index (χ1n) is 11.2. The number of methoxy groups -OCH3 is 1. The Morgan fingerprint density at radius 1 is 1.06 bits per heavy atom. The van der Waals surface area contributed by atoms with Gasteiger partial charge in [0.1, 0.15) is 11.4 Å². The summed E-state index contributed by atoms with van der Waals surface area (Å²) in [6.07, 6.45) is 8.33. The molecule has 0 radical (unpaired) electrons. The van der Waals surface area contributed by atoms with Gasteiger partial charge >= 0.3 is 0 Å². The molecule has 0 saturated heterocycles. The lowest BCUT2D eigenvalue weighted by molar-refractivity contribution is 0.0989. The fourth-order valence-electron chi connectivity index (χ4n) is 4.26. The van der Waals surface area contributed by atoms with Crippen molar-refractivity contribution in [3.05, 3.63) is 96.2 Å². The Bertz CT molecular complexity index is 1440. The first-order valence-corrected chi connectivity index (χ1v) is 11.2. The highest BCUT2D eigenvalue weighted by Gasteiger charge is 2.18. The molecule has 1 N–H and O–H groups in total. The van der Waals surface area contributed by atoms with Gasteiger partial charge in [0.15, 0.2) is 5.78 Å². The summed E-state index contributed by atoms with van der Waals surface area (Å²) in [4.78, 5) is 17.3. The predicted octanol–water partition coefficient (Wildman–Crippen LogP) is 5.25. The van der Waals surface area contributed by atoms with Crippen molar-refractivity contribution in [1.29, 1.82) is 0 Å². The summed E-state index contributed by atoms with van der Waals surface area (Å²) < 4.78 is 7.21. The van der Waals surface area contributed by atoms with Crippen LogP contribution in [-0.2, 0) is 6.42 Å². The molecule has 0 aliphatic heterocycles. The number of H-pyrrole nitrogens is 1. The lowest BCUT2D eigenvalue weighted by Crippen LogP contribution is -2.10. The highest BCUT2D eigenvalue weighted by molar-refractivity contribution is 6.07. The summed E-state index contributed by atoms with van der Waals surface area (Å²) in [5, 5.41) is 12.7. The van der Waals surface area contributed by atoms with Crippen LogP contribution in [0.15, 0.2) is 79.4 Å². The molecule has 7 nitrogen and oxygen atoms in total. The lowest BCUT2D eigenvalue weighted by Gasteiger charge is -2.15. The first kappa shape index (κ1) is 21.6. The van der Waals surface area contributed by atoms with E-state index in [0.717, 1.165) is 34.0 Å². The average molecular weight is 452 g/mol. The molecule has 0 fully saturated rings. The maximum atomic E-state index is 13.1. The van der Waals surface area contributed by atoms with Crippen LogP contribution in [0.3, 0.4) is 0 Å². The molecule has 0 aliphatic rings. The maximum absolute atomic E-state index is 13.1. The van der Waals surface area contributed by atoms with E-state index in [1.807, 2.05) is 53.3 Å². The minimum Gasteiger partial charge on any atom is -0.495 e. The quantitative estimate of drug-likeness (QED) is 0.326. The number of rotatable bonds is 8. The highest BCUT2D eigenvalue weighted by Crippen LogP contribution is 2.27. The molecule has 7 heteroatoms. The van der Waals surface area contributed by atoms with Crippen molar-refractivity contribution in [1.82, 2.24) is 25.0 Å². The normalized spacial score (nSPS) is 12.1. The summed E-state index contributed by atoms with van der Waals surface area (Å²) in [7, 11) is 1.62. The lowest BCUT2D eigenvalue weighted by atomic mass is 10.0. The van der Waals surface area contributed by atoms with Crippen LogP contribution in [0.1, 0.15) is 41.0 Å². The van der Waals surface area contributed by atoms with Crippen LogP contribution in [-0.4, -0.2) is 37.9 Å². The van der Waals surface area contributed by atoms with Gasteiger partial charge in [-0.15, -0.1) is 0 Å². The van der Waals surface area contributed by atoms with E-state index in [9.17, 15) is 4.79 Å². The Balaban J connectivity index is 1.36. The number of fused-ring (bicyclic) bond motifs is 1. The van der Waals surface area contributed by atoms with Gasteiger partial charge in [0, 0.05) is 29.8 Å². The third kappa shape index (κ3) is 4.20. The largest absolute Gasteiger partial charge is 0.495 e. The maximum Gasteiger partial charge on any atom is 0.188 e. The zero-order chi connectivity index (χ0) is 23.5. The number of carbonyl (C=O) groups is 1. The van der Waals surface area contributed by atoms with Crippen LogP contribution in [0.2, 0.25) is 0 Å². The standard InChI is InChI=1S/C27H25N5O2/c1-3-25(19-7-5-4-6-8-19)32-17-18(14-29-32)11-26(33)27-23-10-9-20(13-24(23)30-31-27)21-12-22(34-2)16-28-15-21/h4-10,12-17,25H,3,11H2,1-2H3,(H,30,31). The molecule has 5 rings (SSSR count). The second-order valence-electron chi connectivity index (χ2n) is 8.21. The van der Waals surface area contributed by atoms with Crippen molar-refractivity contribution >= 4 is 16.7 Å². The van der Waals surface area contributed by atoms with Crippen molar-refractivity contribution in [3.8, 4) is 16.9 Å². The number of nitrogens with one attached hydrogen (secondary N) is 1. The summed E-state index contributed by atoms with van der Waals surface area (Å²) >= 11 is 0. The fraction of sp³-hybridized carbons (Fsp3) is 0.185. The van der Waals surface area contributed by atoms with Crippen molar-refractivity contribution in [2.45, 2.75) is 25.8 Å². The Morgan fingerprint density at radius 2 is 1.91 bits per heavy atom. The third-order valence-electron chi connectivity index (χ3n) is 6.02. The van der Waals surface area contributed by atoms with E-state index < -0.39 is 0 Å². The molecule has 170 valence electrons. The second kappa shape index (κ2) is 9.31. The van der Waals surface area contributed by atoms with Gasteiger partial charge in [0.05, 0.1) is 31.1 Å². The SMILES string of the molecule is CCC(c1ccccc1)n1cc(CC(=O)c2n[nH]c3cc(-c4cncc(OC)c4)ccc23)cn1. The number of Topliss-reactive ketones (excluding diaryl/α,β-unsaturated/α-hetero) is 1. The van der Waals surface area contributed by atoms with Crippen LogP contribution >= 0.6 is 0 Å². The topological polar surface area (TPSA) is 85.7 Å². The summed E-state index contributed by atoms with van der Waals surface area (Å²) in [5.41, 5.74) is 5.21. The smallest absolute Gasteiger partial charge is 0.188 e. The summed E-state index contributed by atoms with van der Waals surface area (Å²) in [6.45, 7) is 2.13. The number of carbonyl (C=O) groups excluding carboxylic acids is 1. The van der Waals surface area contributed by atoms with Crippen molar-refractivity contribution in [2.24, 2.45) is 0 Å². The molecular formula is C27H25N5O2. The minimum absolute atomic E-state index is 0.0469. The van der Waals surface area contributed by atoms with E-state index in [1.165, 1.54) is 5.56 Å². The fourth-order valence-corrected chi connectivity index (χ4v) is 4.26. The molecule has 0 bridgehead atoms. The molecule has 0 spiro atoms. The van der Waals surface area contributed by atoms with Crippen molar-refractivity contribution in [2.75, 3.05) is 7.11 Å². The molecule has 2 aromatic carbocycles. The molecule has 1 atom stereocenters. The van der Waals surface area contributed by atoms with Crippen molar-refractivity contribution in [3.63, 3.8) is 0 Å². The van der Waals surface area contributed by atoms with Gasteiger partial charge in [-0.3, -0.25) is 19.6 Å². The number of hydrogen-bond donors (Lipinski definition) is 1. The van der Waals surface area contributed by atoms with E-state index in [1.54, 1.807) is 25.7 Å². The van der Waals surface area contributed by atoms with Crippen LogP contribution in [0.25, 0.3) is 22.0 Å².